The number of carboxylic acids is 1. The molecule has 3 rings (SSSR count). The van der Waals surface area contributed by atoms with Gasteiger partial charge >= 0.3 is 5.97 Å². The predicted molar refractivity (Wildman–Crippen MR) is 95.4 cm³/mol. The van der Waals surface area contributed by atoms with Gasteiger partial charge < -0.3 is 19.6 Å². The van der Waals surface area contributed by atoms with Crippen LogP contribution >= 0.6 is 11.6 Å². The molecule has 1 aromatic rings. The highest BCUT2D eigenvalue weighted by Crippen LogP contribution is 2.36. The van der Waals surface area contributed by atoms with Gasteiger partial charge in [0.15, 0.2) is 0 Å². The number of aliphatic carboxylic acids is 1. The van der Waals surface area contributed by atoms with Gasteiger partial charge in [0.2, 0.25) is 11.8 Å². The van der Waals surface area contributed by atoms with Gasteiger partial charge in [0, 0.05) is 31.1 Å². The summed E-state index contributed by atoms with van der Waals surface area (Å²) in [5.74, 6) is -1.36. The number of piperidine rings is 1. The number of likely N-dealkylation sites (tertiary alicyclic amines) is 1. The normalized spacial score (nSPS) is 21.2. The van der Waals surface area contributed by atoms with Crippen LogP contribution in [0, 0.1) is 11.8 Å². The number of anilines is 1. The Kier molecular flexibility index (Phi) is 5.36. The average Bonchev–Trinajstić information content (AvgIpc) is 3.02. The second-order valence-corrected chi connectivity index (χ2v) is 7.10. The van der Waals surface area contributed by atoms with Crippen LogP contribution in [-0.2, 0) is 14.4 Å². The molecular weight excluding hydrogens is 360 g/mol. The van der Waals surface area contributed by atoms with Gasteiger partial charge in [0.25, 0.3) is 0 Å². The summed E-state index contributed by atoms with van der Waals surface area (Å²) in [5.41, 5.74) is 0.560. The molecule has 1 aromatic carbocycles. The molecule has 2 aliphatic heterocycles. The summed E-state index contributed by atoms with van der Waals surface area (Å²) in [7, 11) is 1.52. The van der Waals surface area contributed by atoms with E-state index in [1.807, 2.05) is 0 Å². The van der Waals surface area contributed by atoms with Gasteiger partial charge in [-0.3, -0.25) is 14.4 Å². The molecule has 2 saturated heterocycles. The molecule has 7 nitrogen and oxygen atoms in total. The molecule has 2 fully saturated rings. The molecule has 1 N–H and O–H groups in total. The Balaban J connectivity index is 1.69. The first-order valence-electron chi connectivity index (χ1n) is 8.56. The van der Waals surface area contributed by atoms with E-state index in [-0.39, 0.29) is 24.8 Å². The first kappa shape index (κ1) is 18.5. The van der Waals surface area contributed by atoms with E-state index in [9.17, 15) is 14.4 Å². The molecule has 0 bridgehead atoms. The lowest BCUT2D eigenvalue weighted by Gasteiger charge is -2.31. The Morgan fingerprint density at radius 3 is 2.54 bits per heavy atom. The van der Waals surface area contributed by atoms with Crippen molar-refractivity contribution < 1.29 is 24.2 Å². The second-order valence-electron chi connectivity index (χ2n) is 6.66. The predicted octanol–water partition coefficient (Wildman–Crippen LogP) is 2.02. The Morgan fingerprint density at radius 1 is 1.23 bits per heavy atom. The van der Waals surface area contributed by atoms with Gasteiger partial charge in [-0.1, -0.05) is 11.6 Å². The van der Waals surface area contributed by atoms with E-state index in [1.54, 1.807) is 23.1 Å². The zero-order valence-electron chi connectivity index (χ0n) is 14.5. The van der Waals surface area contributed by atoms with E-state index in [0.717, 1.165) is 0 Å². The number of halogens is 1. The number of amides is 2. The zero-order chi connectivity index (χ0) is 18.8. The second kappa shape index (κ2) is 7.53. The topological polar surface area (TPSA) is 87.2 Å². The van der Waals surface area contributed by atoms with Crippen molar-refractivity contribution in [3.05, 3.63) is 23.2 Å². The summed E-state index contributed by atoms with van der Waals surface area (Å²) in [6.45, 7) is 1.11. The first-order chi connectivity index (χ1) is 12.4. The Morgan fingerprint density at radius 2 is 1.92 bits per heavy atom. The Bertz CT molecular complexity index is 730. The molecule has 2 heterocycles. The molecule has 140 valence electrons. The van der Waals surface area contributed by atoms with Crippen LogP contribution in [0.2, 0.25) is 5.02 Å². The molecule has 8 heteroatoms. The van der Waals surface area contributed by atoms with Crippen LogP contribution in [0.5, 0.6) is 5.75 Å². The number of methoxy groups -OCH3 is 1. The molecule has 2 aliphatic rings. The van der Waals surface area contributed by atoms with Crippen LogP contribution in [0.4, 0.5) is 5.69 Å². The smallest absolute Gasteiger partial charge is 0.306 e. The summed E-state index contributed by atoms with van der Waals surface area (Å²) in [6, 6.07) is 5.03. The lowest BCUT2D eigenvalue weighted by Crippen LogP contribution is -2.43. The minimum atomic E-state index is -0.813. The molecule has 0 aliphatic carbocycles. The standard InChI is InChI=1S/C18H21ClN2O5/c1-26-15-3-2-13(19)9-14(15)21-10-12(8-16(21)22)17(23)20-6-4-11(5-7-20)18(24)25/h2-3,9,11-12H,4-8,10H2,1H3,(H,24,25). The van der Waals surface area contributed by atoms with E-state index in [1.165, 1.54) is 12.0 Å². The fourth-order valence-electron chi connectivity index (χ4n) is 3.58. The van der Waals surface area contributed by atoms with E-state index < -0.39 is 17.8 Å². The van der Waals surface area contributed by atoms with Gasteiger partial charge in [-0.2, -0.15) is 0 Å². The highest BCUT2D eigenvalue weighted by molar-refractivity contribution is 6.31. The summed E-state index contributed by atoms with van der Waals surface area (Å²) in [4.78, 5) is 39.5. The molecule has 0 spiro atoms. The average molecular weight is 381 g/mol. The lowest BCUT2D eigenvalue weighted by molar-refractivity contribution is -0.146. The van der Waals surface area contributed by atoms with Crippen LogP contribution in [0.3, 0.4) is 0 Å². The number of carbonyl (C=O) groups excluding carboxylic acids is 2. The molecule has 0 saturated carbocycles. The summed E-state index contributed by atoms with van der Waals surface area (Å²) >= 11 is 6.04. The number of carboxylic acid groups (broad SMARTS) is 1. The number of carbonyl (C=O) groups is 3. The van der Waals surface area contributed by atoms with Gasteiger partial charge in [0.1, 0.15) is 5.75 Å². The third-order valence-corrected chi connectivity index (χ3v) is 5.30. The maximum absolute atomic E-state index is 12.8. The number of benzene rings is 1. The highest BCUT2D eigenvalue weighted by atomic mass is 35.5. The zero-order valence-corrected chi connectivity index (χ0v) is 15.2. The van der Waals surface area contributed by atoms with Crippen molar-refractivity contribution in [3.63, 3.8) is 0 Å². The van der Waals surface area contributed by atoms with Crippen LogP contribution in [-0.4, -0.2) is 54.5 Å². The number of rotatable bonds is 4. The first-order valence-corrected chi connectivity index (χ1v) is 8.94. The van der Waals surface area contributed by atoms with Crippen molar-refractivity contribution in [1.82, 2.24) is 4.90 Å². The number of hydrogen-bond donors (Lipinski definition) is 1. The van der Waals surface area contributed by atoms with E-state index in [4.69, 9.17) is 21.4 Å². The van der Waals surface area contributed by atoms with E-state index >= 15 is 0 Å². The third kappa shape index (κ3) is 3.62. The van der Waals surface area contributed by atoms with Gasteiger partial charge in [-0.25, -0.2) is 0 Å². The van der Waals surface area contributed by atoms with Crippen LogP contribution < -0.4 is 9.64 Å². The summed E-state index contributed by atoms with van der Waals surface area (Å²) in [5, 5.41) is 9.55. The fourth-order valence-corrected chi connectivity index (χ4v) is 3.75. The van der Waals surface area contributed by atoms with Gasteiger partial charge in [-0.15, -0.1) is 0 Å². The highest BCUT2D eigenvalue weighted by Gasteiger charge is 2.39. The SMILES string of the molecule is COc1ccc(Cl)cc1N1CC(C(=O)N2CCC(C(=O)O)CC2)CC1=O. The van der Waals surface area contributed by atoms with Crippen LogP contribution in [0.1, 0.15) is 19.3 Å². The Hall–Kier alpha value is -2.28. The van der Waals surface area contributed by atoms with Crippen molar-refractivity contribution in [2.45, 2.75) is 19.3 Å². The van der Waals surface area contributed by atoms with Crippen molar-refractivity contribution >= 4 is 35.1 Å². The molecule has 0 aromatic heterocycles. The number of nitrogens with zero attached hydrogens (tertiary/aromatic N) is 2. The minimum Gasteiger partial charge on any atom is -0.495 e. The van der Waals surface area contributed by atoms with Gasteiger partial charge in [-0.05, 0) is 31.0 Å². The van der Waals surface area contributed by atoms with Crippen molar-refractivity contribution in [1.29, 1.82) is 0 Å². The van der Waals surface area contributed by atoms with E-state index in [2.05, 4.69) is 0 Å². The molecule has 2 amide bonds. The third-order valence-electron chi connectivity index (χ3n) is 5.06. The van der Waals surface area contributed by atoms with E-state index in [0.29, 0.717) is 42.4 Å². The van der Waals surface area contributed by atoms with Crippen molar-refractivity contribution in [3.8, 4) is 5.75 Å². The monoisotopic (exact) mass is 380 g/mol. The molecule has 1 atom stereocenters. The number of ether oxygens (including phenoxy) is 1. The maximum Gasteiger partial charge on any atom is 0.306 e. The quantitative estimate of drug-likeness (QED) is 0.863. The molecule has 1 unspecified atom stereocenters. The maximum atomic E-state index is 12.8. The Labute approximate surface area is 156 Å². The largest absolute Gasteiger partial charge is 0.495 e. The van der Waals surface area contributed by atoms with Gasteiger partial charge in [0.05, 0.1) is 24.6 Å². The molecule has 0 radical (unpaired) electrons. The van der Waals surface area contributed by atoms with Crippen LogP contribution in [0.15, 0.2) is 18.2 Å². The fraction of sp³-hybridized carbons (Fsp3) is 0.500. The van der Waals surface area contributed by atoms with Crippen molar-refractivity contribution in [2.75, 3.05) is 31.6 Å². The minimum absolute atomic E-state index is 0.0920. The lowest BCUT2D eigenvalue weighted by atomic mass is 9.95. The molecular formula is C18H21ClN2O5. The summed E-state index contributed by atoms with van der Waals surface area (Å²) < 4.78 is 5.30. The number of hydrogen-bond acceptors (Lipinski definition) is 4. The van der Waals surface area contributed by atoms with Crippen LogP contribution in [0.25, 0.3) is 0 Å². The molecule has 26 heavy (non-hydrogen) atoms. The van der Waals surface area contributed by atoms with Crippen molar-refractivity contribution in [2.24, 2.45) is 11.8 Å². The summed E-state index contributed by atoms with van der Waals surface area (Å²) in [6.07, 6.45) is 1.04.